The number of carboxylic acid groups (broad SMARTS) is 2. The third-order valence-corrected chi connectivity index (χ3v) is 11.6. The van der Waals surface area contributed by atoms with Crippen LogP contribution in [-0.4, -0.2) is 80.8 Å². The van der Waals surface area contributed by atoms with E-state index in [2.05, 4.69) is 34.4 Å². The van der Waals surface area contributed by atoms with Crippen LogP contribution in [0.2, 0.25) is 0 Å². The van der Waals surface area contributed by atoms with E-state index >= 15 is 0 Å². The number of nitrogens with one attached hydrogen (secondary N) is 2. The molecule has 12 nitrogen and oxygen atoms in total. The van der Waals surface area contributed by atoms with Crippen LogP contribution in [0.15, 0.2) is 66.9 Å². The van der Waals surface area contributed by atoms with E-state index in [9.17, 15) is 24.0 Å². The molecule has 0 atom stereocenters. The fraction of sp³-hybridized carbons (Fsp3) is 0.395. The maximum atomic E-state index is 13.9. The molecule has 13 heteroatoms. The van der Waals surface area contributed by atoms with Gasteiger partial charge in [0.1, 0.15) is 5.00 Å². The first kappa shape index (κ1) is 41.8. The molecule has 56 heavy (non-hydrogen) atoms. The van der Waals surface area contributed by atoms with Gasteiger partial charge in [-0.25, -0.2) is 4.79 Å². The lowest BCUT2D eigenvalue weighted by Crippen LogP contribution is -2.41. The number of hydrogen-bond acceptors (Lipinski definition) is 8. The van der Waals surface area contributed by atoms with E-state index in [0.717, 1.165) is 72.9 Å². The molecule has 2 aromatic heterocycles. The van der Waals surface area contributed by atoms with Crippen molar-refractivity contribution in [2.45, 2.75) is 90.6 Å². The summed E-state index contributed by atoms with van der Waals surface area (Å²) in [6.07, 6.45) is 8.27. The summed E-state index contributed by atoms with van der Waals surface area (Å²) in [6.45, 7) is 5.67. The van der Waals surface area contributed by atoms with Gasteiger partial charge in [0, 0.05) is 61.5 Å². The lowest BCUT2D eigenvalue weighted by atomic mass is 9.95. The second-order valence-corrected chi connectivity index (χ2v) is 15.3. The first-order valence-corrected chi connectivity index (χ1v) is 20.1. The fourth-order valence-corrected chi connectivity index (χ4v) is 8.32. The number of likely N-dealkylation sites (N-methyl/N-ethyl adjacent to an activating group) is 1. The van der Waals surface area contributed by atoms with Crippen LogP contribution in [0.5, 0.6) is 0 Å². The van der Waals surface area contributed by atoms with Crippen LogP contribution in [0.3, 0.4) is 0 Å². The maximum Gasteiger partial charge on any atom is 0.335 e. The van der Waals surface area contributed by atoms with Gasteiger partial charge in [0.25, 0.3) is 11.8 Å². The molecule has 1 aliphatic rings. The van der Waals surface area contributed by atoms with Crippen molar-refractivity contribution < 1.29 is 34.2 Å². The summed E-state index contributed by atoms with van der Waals surface area (Å²) in [5, 5.41) is 24.7. The van der Waals surface area contributed by atoms with Gasteiger partial charge in [-0.3, -0.25) is 29.1 Å². The van der Waals surface area contributed by atoms with Gasteiger partial charge >= 0.3 is 11.9 Å². The SMILES string of the molecule is CCC(CC)N(CCN(C)C(=O)CCC(=O)O)Cc1cc(C(=O)Nc2sc3c(c2C(=O)Nc2ccc(CCc4ccc(C(=O)O)cc4)cc2)CCCC3)ccn1. The van der Waals surface area contributed by atoms with E-state index in [1.165, 1.54) is 11.3 Å². The predicted molar refractivity (Wildman–Crippen MR) is 218 cm³/mol. The van der Waals surface area contributed by atoms with Gasteiger partial charge in [-0.05, 0) is 104 Å². The normalized spacial score (nSPS) is 12.3. The number of carbonyl (C=O) groups is 5. The number of amides is 3. The number of fused-ring (bicyclic) bond motifs is 1. The zero-order valence-corrected chi connectivity index (χ0v) is 33.1. The minimum absolute atomic E-state index is 0.0454. The van der Waals surface area contributed by atoms with E-state index in [4.69, 9.17) is 10.2 Å². The second-order valence-electron chi connectivity index (χ2n) is 14.2. The largest absolute Gasteiger partial charge is 0.481 e. The molecule has 0 saturated heterocycles. The highest BCUT2D eigenvalue weighted by Crippen LogP contribution is 2.39. The van der Waals surface area contributed by atoms with Gasteiger partial charge in [-0.1, -0.05) is 38.1 Å². The third-order valence-electron chi connectivity index (χ3n) is 10.3. The highest BCUT2D eigenvalue weighted by Gasteiger charge is 2.27. The minimum Gasteiger partial charge on any atom is -0.481 e. The van der Waals surface area contributed by atoms with Crippen molar-refractivity contribution >= 4 is 51.7 Å². The summed E-state index contributed by atoms with van der Waals surface area (Å²) in [5.41, 5.74) is 5.65. The molecule has 0 aliphatic heterocycles. The summed E-state index contributed by atoms with van der Waals surface area (Å²) in [4.78, 5) is 71.8. The van der Waals surface area contributed by atoms with E-state index < -0.39 is 11.9 Å². The Balaban J connectivity index is 1.25. The number of nitrogens with zero attached hydrogens (tertiary/aromatic N) is 3. The average molecular weight is 782 g/mol. The summed E-state index contributed by atoms with van der Waals surface area (Å²) in [7, 11) is 1.68. The molecule has 4 N–H and O–H groups in total. The molecule has 0 saturated carbocycles. The van der Waals surface area contributed by atoms with Gasteiger partial charge in [0.15, 0.2) is 0 Å². The Labute approximate surface area is 332 Å². The molecule has 5 rings (SSSR count). The quantitative estimate of drug-likeness (QED) is 0.0762. The summed E-state index contributed by atoms with van der Waals surface area (Å²) >= 11 is 1.46. The molecule has 296 valence electrons. The molecule has 0 fully saturated rings. The number of benzene rings is 2. The van der Waals surface area contributed by atoms with Crippen LogP contribution in [0.25, 0.3) is 0 Å². The van der Waals surface area contributed by atoms with E-state index in [0.29, 0.717) is 47.1 Å². The van der Waals surface area contributed by atoms with Crippen molar-refractivity contribution in [3.05, 3.63) is 111 Å². The number of hydrogen-bond donors (Lipinski definition) is 4. The number of aryl methyl sites for hydroxylation is 3. The molecule has 0 unspecified atom stereocenters. The number of pyridine rings is 1. The number of aliphatic carboxylic acids is 1. The molecular weight excluding hydrogens is 731 g/mol. The van der Waals surface area contributed by atoms with Crippen LogP contribution in [0.1, 0.15) is 111 Å². The highest BCUT2D eigenvalue weighted by atomic mass is 32.1. The highest BCUT2D eigenvalue weighted by molar-refractivity contribution is 7.17. The van der Waals surface area contributed by atoms with E-state index in [-0.39, 0.29) is 42.2 Å². The third kappa shape index (κ3) is 11.3. The predicted octanol–water partition coefficient (Wildman–Crippen LogP) is 7.32. The van der Waals surface area contributed by atoms with Gasteiger partial charge in [-0.2, -0.15) is 0 Å². The van der Waals surface area contributed by atoms with Crippen LogP contribution < -0.4 is 10.6 Å². The zero-order valence-electron chi connectivity index (χ0n) is 32.3. The Bertz CT molecular complexity index is 2010. The number of rotatable bonds is 19. The first-order valence-electron chi connectivity index (χ1n) is 19.3. The Morgan fingerprint density at radius 3 is 2.11 bits per heavy atom. The van der Waals surface area contributed by atoms with Gasteiger partial charge in [0.2, 0.25) is 5.91 Å². The van der Waals surface area contributed by atoms with Crippen molar-refractivity contribution in [2.24, 2.45) is 0 Å². The van der Waals surface area contributed by atoms with Gasteiger partial charge in [0.05, 0.1) is 23.2 Å². The molecule has 1 aliphatic carbocycles. The standard InChI is InChI=1S/C43H51N5O7S/c1-4-34(5-2)48(25-24-47(3)37(49)20-21-38(50)51)27-33-26-31(22-23-44-33)40(52)46-42-39(35-8-6-7-9-36(35)56-42)41(53)45-32-18-14-29(15-19-32)11-10-28-12-16-30(17-13-28)43(54)55/h12-19,22-23,26,34H,4-11,20-21,24-25,27H2,1-3H3,(H,45,53)(H,46,52)(H,50,51)(H,54,55). The molecule has 0 spiro atoms. The monoisotopic (exact) mass is 781 g/mol. The van der Waals surface area contributed by atoms with Crippen molar-refractivity contribution in [1.29, 1.82) is 0 Å². The minimum atomic E-state index is -1.00. The van der Waals surface area contributed by atoms with Gasteiger partial charge in [-0.15, -0.1) is 11.3 Å². The van der Waals surface area contributed by atoms with Crippen molar-refractivity contribution in [2.75, 3.05) is 30.8 Å². The van der Waals surface area contributed by atoms with Crippen LogP contribution >= 0.6 is 11.3 Å². The maximum absolute atomic E-state index is 13.9. The Morgan fingerprint density at radius 2 is 1.46 bits per heavy atom. The molecule has 2 aromatic carbocycles. The van der Waals surface area contributed by atoms with Crippen molar-refractivity contribution in [3.63, 3.8) is 0 Å². The number of carbonyl (C=O) groups excluding carboxylic acids is 3. The summed E-state index contributed by atoms with van der Waals surface area (Å²) < 4.78 is 0. The van der Waals surface area contributed by atoms with E-state index in [1.807, 2.05) is 36.4 Å². The lowest BCUT2D eigenvalue weighted by Gasteiger charge is -2.32. The molecule has 2 heterocycles. The first-order chi connectivity index (χ1) is 26.9. The van der Waals surface area contributed by atoms with E-state index in [1.54, 1.807) is 42.4 Å². The molecule has 0 radical (unpaired) electrons. The van der Waals surface area contributed by atoms with Gasteiger partial charge < -0.3 is 25.7 Å². The molecule has 4 aromatic rings. The number of anilines is 2. The molecule has 0 bridgehead atoms. The van der Waals surface area contributed by atoms with Crippen LogP contribution in [0.4, 0.5) is 10.7 Å². The van der Waals surface area contributed by atoms with Crippen LogP contribution in [-0.2, 0) is 41.8 Å². The van der Waals surface area contributed by atoms with Crippen molar-refractivity contribution in [3.8, 4) is 0 Å². The van der Waals surface area contributed by atoms with Crippen molar-refractivity contribution in [1.82, 2.24) is 14.8 Å². The number of thiophene rings is 1. The second kappa shape index (κ2) is 20.0. The molecular formula is C43H51N5O7S. The Hall–Kier alpha value is -5.40. The Morgan fingerprint density at radius 1 is 0.804 bits per heavy atom. The molecule has 3 amide bonds. The lowest BCUT2D eigenvalue weighted by molar-refractivity contribution is -0.140. The smallest absolute Gasteiger partial charge is 0.335 e. The fourth-order valence-electron chi connectivity index (χ4n) is 7.04. The summed E-state index contributed by atoms with van der Waals surface area (Å²) in [6, 6.07) is 18.2. The summed E-state index contributed by atoms with van der Waals surface area (Å²) in [5.74, 6) is -2.77. The number of aromatic nitrogens is 1. The average Bonchev–Trinajstić information content (AvgIpc) is 3.57. The number of carboxylic acids is 2. The topological polar surface area (TPSA) is 169 Å². The number of aromatic carboxylic acids is 1. The van der Waals surface area contributed by atoms with Crippen LogP contribution in [0, 0.1) is 0 Å². The Kier molecular flexibility index (Phi) is 14.9. The zero-order chi connectivity index (χ0) is 40.2.